The molecule has 10 heavy (non-hydrogen) atoms. The van der Waals surface area contributed by atoms with Crippen molar-refractivity contribution < 1.29 is 13.2 Å². The summed E-state index contributed by atoms with van der Waals surface area (Å²) in [6.45, 7) is 0. The minimum Gasteiger partial charge on any atom is -0.473 e. The highest BCUT2D eigenvalue weighted by Gasteiger charge is 2.20. The number of primary sulfonamides is 1. The lowest BCUT2D eigenvalue weighted by molar-refractivity contribution is 0.262. The molecule has 1 aliphatic heterocycles. The molecule has 0 radical (unpaired) electrons. The minimum atomic E-state index is -3.65. The lowest BCUT2D eigenvalue weighted by Gasteiger charge is -2.10. The minimum absolute atomic E-state index is 1.12. The van der Waals surface area contributed by atoms with Gasteiger partial charge in [-0.1, -0.05) is 0 Å². The monoisotopic (exact) mass is 162 g/mol. The molecule has 2 N–H and O–H groups in total. The summed E-state index contributed by atoms with van der Waals surface area (Å²) in [4.78, 5) is 3.54. The second kappa shape index (κ2) is 2.39. The van der Waals surface area contributed by atoms with Crippen LogP contribution in [0.5, 0.6) is 0 Å². The highest BCUT2D eigenvalue weighted by atomic mass is 32.2. The fourth-order valence-corrected chi connectivity index (χ4v) is 0.924. The summed E-state index contributed by atoms with van der Waals surface area (Å²) in [5, 5.41) is 4.73. The van der Waals surface area contributed by atoms with Crippen LogP contribution in [0.3, 0.4) is 0 Å². The third kappa shape index (κ3) is 1.55. The molecule has 0 amide bonds. The van der Waals surface area contributed by atoms with Gasteiger partial charge < -0.3 is 4.74 Å². The molecule has 1 heterocycles. The van der Waals surface area contributed by atoms with Crippen molar-refractivity contribution in [1.29, 1.82) is 0 Å². The van der Waals surface area contributed by atoms with Crippen LogP contribution in [0.15, 0.2) is 17.5 Å². The smallest absolute Gasteiger partial charge is 0.252 e. The highest BCUT2D eigenvalue weighted by molar-refractivity contribution is 7.90. The van der Waals surface area contributed by atoms with Gasteiger partial charge in [-0.15, -0.1) is 0 Å². The third-order valence-corrected chi connectivity index (χ3v) is 1.77. The molecule has 0 bridgehead atoms. The largest absolute Gasteiger partial charge is 0.473 e. The van der Waals surface area contributed by atoms with Crippen molar-refractivity contribution in [3.63, 3.8) is 0 Å². The molecular weight excluding hydrogens is 156 g/mol. The second-order valence-corrected chi connectivity index (χ2v) is 3.32. The van der Waals surface area contributed by atoms with Gasteiger partial charge in [0.1, 0.15) is 6.26 Å². The predicted octanol–water partition coefficient (Wildman–Crippen LogP) is -0.827. The number of hydrogen-bond acceptors (Lipinski definition) is 4. The molecule has 1 atom stereocenters. The Kier molecular flexibility index (Phi) is 1.73. The van der Waals surface area contributed by atoms with E-state index in [0.29, 0.717) is 0 Å². The lowest BCUT2D eigenvalue weighted by atomic mass is 10.7. The summed E-state index contributed by atoms with van der Waals surface area (Å²) >= 11 is 0. The summed E-state index contributed by atoms with van der Waals surface area (Å²) in [6.07, 6.45) is 3.63. The first-order chi connectivity index (χ1) is 4.61. The van der Waals surface area contributed by atoms with Crippen LogP contribution in [0.4, 0.5) is 0 Å². The Morgan fingerprint density at radius 2 is 2.30 bits per heavy atom. The molecule has 0 spiro atoms. The van der Waals surface area contributed by atoms with Crippen LogP contribution >= 0.6 is 0 Å². The first-order valence-electron chi connectivity index (χ1n) is 2.46. The summed E-state index contributed by atoms with van der Waals surface area (Å²) in [6, 6.07) is 0. The molecule has 0 aromatic carbocycles. The Morgan fingerprint density at radius 3 is 2.60 bits per heavy atom. The van der Waals surface area contributed by atoms with E-state index in [1.54, 1.807) is 0 Å². The fraction of sp³-hybridized carbons (Fsp3) is 0.250. The maximum absolute atomic E-state index is 10.5. The Hall–Kier alpha value is -0.880. The van der Waals surface area contributed by atoms with E-state index < -0.39 is 15.5 Å². The van der Waals surface area contributed by atoms with E-state index in [2.05, 4.69) is 9.73 Å². The first-order valence-corrected chi connectivity index (χ1v) is 4.07. The van der Waals surface area contributed by atoms with Crippen LogP contribution in [0.1, 0.15) is 0 Å². The average molecular weight is 162 g/mol. The van der Waals surface area contributed by atoms with Gasteiger partial charge in [-0.05, 0) is 0 Å². The van der Waals surface area contributed by atoms with Gasteiger partial charge in [0.15, 0.2) is 0 Å². The lowest BCUT2D eigenvalue weighted by Crippen LogP contribution is -2.31. The molecule has 0 saturated carbocycles. The van der Waals surface area contributed by atoms with E-state index >= 15 is 0 Å². The van der Waals surface area contributed by atoms with Gasteiger partial charge in [-0.3, -0.25) is 4.99 Å². The molecular formula is C4H6N2O3S. The third-order valence-electron chi connectivity index (χ3n) is 0.891. The van der Waals surface area contributed by atoms with Gasteiger partial charge in [0.2, 0.25) is 5.44 Å². The predicted molar refractivity (Wildman–Crippen MR) is 35.6 cm³/mol. The summed E-state index contributed by atoms with van der Waals surface area (Å²) in [5.74, 6) is 0. The quantitative estimate of drug-likeness (QED) is 0.546. The van der Waals surface area contributed by atoms with Gasteiger partial charge in [-0.2, -0.15) is 0 Å². The van der Waals surface area contributed by atoms with Crippen molar-refractivity contribution in [3.05, 3.63) is 12.5 Å². The molecule has 0 fully saturated rings. The molecule has 0 aromatic heterocycles. The molecule has 0 aromatic rings. The zero-order valence-electron chi connectivity index (χ0n) is 4.97. The number of aliphatic imine (C=N–C) groups is 1. The van der Waals surface area contributed by atoms with Crippen LogP contribution in [0.25, 0.3) is 0 Å². The topological polar surface area (TPSA) is 81.8 Å². The average Bonchev–Trinajstić information content (AvgIpc) is 1.88. The molecule has 1 rings (SSSR count). The van der Waals surface area contributed by atoms with Crippen molar-refractivity contribution in [2.75, 3.05) is 0 Å². The van der Waals surface area contributed by atoms with Gasteiger partial charge in [0.05, 0.1) is 12.4 Å². The Balaban J connectivity index is 2.79. The van der Waals surface area contributed by atoms with E-state index in [0.717, 1.165) is 6.21 Å². The van der Waals surface area contributed by atoms with Crippen molar-refractivity contribution in [3.8, 4) is 0 Å². The van der Waals surface area contributed by atoms with E-state index in [9.17, 15) is 8.42 Å². The van der Waals surface area contributed by atoms with Crippen molar-refractivity contribution in [2.45, 2.75) is 5.44 Å². The van der Waals surface area contributed by atoms with E-state index in [4.69, 9.17) is 5.14 Å². The maximum Gasteiger partial charge on any atom is 0.252 e. The molecule has 1 aliphatic rings. The molecule has 6 heteroatoms. The number of rotatable bonds is 1. The summed E-state index contributed by atoms with van der Waals surface area (Å²) in [5.41, 5.74) is -1.13. The molecule has 1 unspecified atom stereocenters. The van der Waals surface area contributed by atoms with Crippen LogP contribution in [-0.4, -0.2) is 20.1 Å². The summed E-state index contributed by atoms with van der Waals surface area (Å²) in [7, 11) is -3.65. The van der Waals surface area contributed by atoms with Crippen LogP contribution in [0.2, 0.25) is 0 Å². The normalized spacial score (nSPS) is 24.3. The first kappa shape index (κ1) is 7.23. The Bertz CT molecular complexity index is 266. The summed E-state index contributed by atoms with van der Waals surface area (Å²) < 4.78 is 25.6. The molecule has 56 valence electrons. The van der Waals surface area contributed by atoms with Gasteiger partial charge in [0, 0.05) is 0 Å². The number of hydrogen-bond donors (Lipinski definition) is 1. The van der Waals surface area contributed by atoms with E-state index in [1.807, 2.05) is 0 Å². The zero-order chi connectivity index (χ0) is 7.61. The SMILES string of the molecule is NS(=O)(=O)C1C=NC=CO1. The molecule has 0 aliphatic carbocycles. The van der Waals surface area contributed by atoms with Crippen LogP contribution in [-0.2, 0) is 14.8 Å². The second-order valence-electron chi connectivity index (χ2n) is 1.68. The maximum atomic E-state index is 10.5. The van der Waals surface area contributed by atoms with Crippen LogP contribution < -0.4 is 5.14 Å². The van der Waals surface area contributed by atoms with Crippen molar-refractivity contribution in [2.24, 2.45) is 10.1 Å². The fourth-order valence-electron chi connectivity index (χ4n) is 0.465. The Labute approximate surface area is 58.2 Å². The van der Waals surface area contributed by atoms with E-state index in [1.165, 1.54) is 12.5 Å². The van der Waals surface area contributed by atoms with Crippen LogP contribution in [0, 0.1) is 0 Å². The highest BCUT2D eigenvalue weighted by Crippen LogP contribution is 2.00. The van der Waals surface area contributed by atoms with Crippen molar-refractivity contribution in [1.82, 2.24) is 0 Å². The number of nitrogens with zero attached hydrogens (tertiary/aromatic N) is 1. The Morgan fingerprint density at radius 1 is 1.60 bits per heavy atom. The van der Waals surface area contributed by atoms with Gasteiger partial charge in [0.25, 0.3) is 10.0 Å². The number of nitrogens with two attached hydrogens (primary N) is 1. The van der Waals surface area contributed by atoms with Gasteiger partial charge in [-0.25, -0.2) is 13.6 Å². The van der Waals surface area contributed by atoms with E-state index in [-0.39, 0.29) is 0 Å². The van der Waals surface area contributed by atoms with Gasteiger partial charge >= 0.3 is 0 Å². The molecule has 5 nitrogen and oxygen atoms in total. The number of sulfonamides is 1. The zero-order valence-corrected chi connectivity index (χ0v) is 5.78. The standard InChI is InChI=1S/C4H6N2O3S/c5-10(7,8)4-3-6-1-2-9-4/h1-4H,(H2,5,7,8). The van der Waals surface area contributed by atoms with Crippen molar-refractivity contribution >= 4 is 16.2 Å². The molecule has 0 saturated heterocycles. The number of ether oxygens (including phenoxy) is 1.